The van der Waals surface area contributed by atoms with E-state index in [0.717, 1.165) is 29.6 Å². The van der Waals surface area contributed by atoms with E-state index in [4.69, 9.17) is 9.47 Å². The summed E-state index contributed by atoms with van der Waals surface area (Å²) in [5, 5.41) is 0. The van der Waals surface area contributed by atoms with Crippen molar-refractivity contribution in [3.8, 4) is 0 Å². The summed E-state index contributed by atoms with van der Waals surface area (Å²) in [5.41, 5.74) is 4.20. The zero-order chi connectivity index (χ0) is 24.7. The van der Waals surface area contributed by atoms with E-state index in [9.17, 15) is 0 Å². The van der Waals surface area contributed by atoms with Crippen LogP contribution >= 0.6 is 0 Å². The van der Waals surface area contributed by atoms with Gasteiger partial charge in [-0.05, 0) is 112 Å². The third-order valence-corrected chi connectivity index (χ3v) is 11.5. The number of methoxy groups -OCH3 is 1. The second kappa shape index (κ2) is 10.0. The fourth-order valence-electron chi connectivity index (χ4n) is 9.83. The Kier molecular flexibility index (Phi) is 7.82. The van der Waals surface area contributed by atoms with Gasteiger partial charge in [0.1, 0.15) is 6.79 Å². The third-order valence-electron chi connectivity index (χ3n) is 11.5. The molecule has 4 aliphatic carbocycles. The van der Waals surface area contributed by atoms with Crippen molar-refractivity contribution in [3.05, 3.63) is 23.3 Å². The predicted molar refractivity (Wildman–Crippen MR) is 144 cm³/mol. The minimum absolute atomic E-state index is 0.106. The van der Waals surface area contributed by atoms with Gasteiger partial charge in [-0.3, -0.25) is 0 Å². The fraction of sp³-hybridized carbons (Fsp3) is 0.875. The first-order valence-corrected chi connectivity index (χ1v) is 14.5. The molecule has 2 heteroatoms. The molecule has 0 aliphatic heterocycles. The Morgan fingerprint density at radius 1 is 1.06 bits per heavy atom. The van der Waals surface area contributed by atoms with Crippen LogP contribution in [0.15, 0.2) is 23.3 Å². The summed E-state index contributed by atoms with van der Waals surface area (Å²) in [4.78, 5) is 0. The smallest absolute Gasteiger partial charge is 0.146 e. The Morgan fingerprint density at radius 3 is 2.53 bits per heavy atom. The van der Waals surface area contributed by atoms with Gasteiger partial charge in [0.25, 0.3) is 0 Å². The van der Waals surface area contributed by atoms with Gasteiger partial charge in [-0.25, -0.2) is 0 Å². The molecule has 2 nitrogen and oxygen atoms in total. The molecule has 0 N–H and O–H groups in total. The molecule has 0 spiro atoms. The van der Waals surface area contributed by atoms with E-state index in [1.165, 1.54) is 69.8 Å². The summed E-state index contributed by atoms with van der Waals surface area (Å²) in [7, 11) is 1.74. The van der Waals surface area contributed by atoms with Crippen molar-refractivity contribution >= 4 is 0 Å². The summed E-state index contributed by atoms with van der Waals surface area (Å²) in [5.74, 6) is 4.48. The molecule has 8 unspecified atom stereocenters. The molecule has 0 amide bonds. The van der Waals surface area contributed by atoms with Crippen LogP contribution in [0.2, 0.25) is 0 Å². The van der Waals surface area contributed by atoms with Crippen molar-refractivity contribution in [3.63, 3.8) is 0 Å². The fourth-order valence-corrected chi connectivity index (χ4v) is 9.83. The van der Waals surface area contributed by atoms with E-state index < -0.39 is 0 Å². The zero-order valence-electron chi connectivity index (χ0n) is 23.7. The molecule has 0 bridgehead atoms. The van der Waals surface area contributed by atoms with E-state index in [1.807, 2.05) is 0 Å². The highest BCUT2D eigenvalue weighted by atomic mass is 16.7. The molecule has 4 rings (SSSR count). The number of allylic oxidation sites excluding steroid dienone is 3. The molecule has 0 aromatic carbocycles. The Balaban J connectivity index is 1.49. The van der Waals surface area contributed by atoms with Gasteiger partial charge in [0, 0.05) is 12.5 Å². The SMILES string of the molecule is COCOC1CCC2(C)C(=CCC3C2CCC2(C)C(C(C)CCCC=C(C)C)CCC32)C1(C)C. The Morgan fingerprint density at radius 2 is 1.82 bits per heavy atom. The van der Waals surface area contributed by atoms with Crippen LogP contribution in [0.25, 0.3) is 0 Å². The molecule has 0 aromatic heterocycles. The minimum Gasteiger partial charge on any atom is -0.359 e. The summed E-state index contributed by atoms with van der Waals surface area (Å²) >= 11 is 0. The van der Waals surface area contributed by atoms with E-state index in [-0.39, 0.29) is 11.5 Å². The molecular formula is C32H54O2. The van der Waals surface area contributed by atoms with Crippen molar-refractivity contribution < 1.29 is 9.47 Å². The highest BCUT2D eigenvalue weighted by molar-refractivity contribution is 5.31. The lowest BCUT2D eigenvalue weighted by Crippen LogP contribution is -2.55. The van der Waals surface area contributed by atoms with E-state index in [0.29, 0.717) is 17.6 Å². The molecule has 34 heavy (non-hydrogen) atoms. The molecule has 0 aromatic rings. The number of hydrogen-bond donors (Lipinski definition) is 0. The van der Waals surface area contributed by atoms with Crippen molar-refractivity contribution in [2.45, 2.75) is 119 Å². The molecule has 3 saturated carbocycles. The number of ether oxygens (including phenoxy) is 2. The van der Waals surface area contributed by atoms with Gasteiger partial charge in [0.15, 0.2) is 0 Å². The maximum Gasteiger partial charge on any atom is 0.146 e. The highest BCUT2D eigenvalue weighted by Gasteiger charge is 2.61. The quantitative estimate of drug-likeness (QED) is 0.200. The lowest BCUT2D eigenvalue weighted by atomic mass is 9.44. The second-order valence-electron chi connectivity index (χ2n) is 13.9. The summed E-state index contributed by atoms with van der Waals surface area (Å²) < 4.78 is 11.5. The first-order chi connectivity index (χ1) is 16.1. The zero-order valence-corrected chi connectivity index (χ0v) is 23.7. The van der Waals surface area contributed by atoms with Crippen LogP contribution in [0.4, 0.5) is 0 Å². The van der Waals surface area contributed by atoms with Gasteiger partial charge in [-0.2, -0.15) is 0 Å². The van der Waals surface area contributed by atoms with E-state index >= 15 is 0 Å². The summed E-state index contributed by atoms with van der Waals surface area (Å²) in [6.45, 7) is 17.7. The predicted octanol–water partition coefficient (Wildman–Crippen LogP) is 8.96. The standard InChI is InChI=1S/C32H54O2/c1-22(2)11-9-10-12-23(3)25-14-15-26-24-13-16-28-30(4,5)29(34-21-33-8)18-20-32(28,7)27(24)17-19-31(25,26)6/h11,16,23-27,29H,9-10,12-15,17-21H2,1-8H3. The van der Waals surface area contributed by atoms with Crippen molar-refractivity contribution in [1.29, 1.82) is 0 Å². The molecule has 0 heterocycles. The van der Waals surface area contributed by atoms with E-state index in [1.54, 1.807) is 12.7 Å². The maximum atomic E-state index is 6.19. The van der Waals surface area contributed by atoms with Crippen molar-refractivity contribution in [2.24, 2.45) is 45.8 Å². The summed E-state index contributed by atoms with van der Waals surface area (Å²) in [6.07, 6.45) is 19.0. The third kappa shape index (κ3) is 4.49. The van der Waals surface area contributed by atoms with Gasteiger partial charge >= 0.3 is 0 Å². The average Bonchev–Trinajstić information content (AvgIpc) is 3.13. The van der Waals surface area contributed by atoms with Crippen LogP contribution in [0.5, 0.6) is 0 Å². The van der Waals surface area contributed by atoms with Gasteiger partial charge < -0.3 is 9.47 Å². The van der Waals surface area contributed by atoms with Crippen LogP contribution in [-0.2, 0) is 9.47 Å². The van der Waals surface area contributed by atoms with Crippen molar-refractivity contribution in [1.82, 2.24) is 0 Å². The van der Waals surface area contributed by atoms with Crippen LogP contribution < -0.4 is 0 Å². The highest BCUT2D eigenvalue weighted by Crippen LogP contribution is 2.69. The molecule has 8 atom stereocenters. The second-order valence-corrected chi connectivity index (χ2v) is 13.9. The first-order valence-electron chi connectivity index (χ1n) is 14.5. The van der Waals surface area contributed by atoms with Crippen molar-refractivity contribution in [2.75, 3.05) is 13.9 Å². The number of rotatable bonds is 8. The largest absolute Gasteiger partial charge is 0.359 e. The molecule has 0 saturated heterocycles. The monoisotopic (exact) mass is 470 g/mol. The normalized spacial score (nSPS) is 41.6. The van der Waals surface area contributed by atoms with Gasteiger partial charge in [-0.1, -0.05) is 64.3 Å². The number of hydrogen-bond acceptors (Lipinski definition) is 2. The van der Waals surface area contributed by atoms with Gasteiger partial charge in [0.05, 0.1) is 6.10 Å². The Bertz CT molecular complexity index is 774. The van der Waals surface area contributed by atoms with Gasteiger partial charge in [0.2, 0.25) is 0 Å². The minimum atomic E-state index is 0.106. The number of fused-ring (bicyclic) bond motifs is 5. The van der Waals surface area contributed by atoms with Crippen LogP contribution in [-0.4, -0.2) is 20.0 Å². The molecule has 4 aliphatic rings. The lowest BCUT2D eigenvalue weighted by molar-refractivity contribution is -0.136. The molecule has 3 fully saturated rings. The number of unbranched alkanes of at least 4 members (excludes halogenated alkanes) is 1. The molecule has 194 valence electrons. The molecular weight excluding hydrogens is 416 g/mol. The van der Waals surface area contributed by atoms with Crippen LogP contribution in [0.1, 0.15) is 113 Å². The maximum absolute atomic E-state index is 6.19. The lowest BCUT2D eigenvalue weighted by Gasteiger charge is -2.61. The van der Waals surface area contributed by atoms with E-state index in [2.05, 4.69) is 60.6 Å². The Labute approximate surface area is 211 Å². The Hall–Kier alpha value is -0.600. The first kappa shape index (κ1) is 26.5. The van der Waals surface area contributed by atoms with Crippen LogP contribution in [0, 0.1) is 45.8 Å². The average molecular weight is 471 g/mol. The van der Waals surface area contributed by atoms with Gasteiger partial charge in [-0.15, -0.1) is 0 Å². The summed E-state index contributed by atoms with van der Waals surface area (Å²) in [6, 6.07) is 0. The topological polar surface area (TPSA) is 18.5 Å². The molecule has 0 radical (unpaired) electrons. The van der Waals surface area contributed by atoms with Crippen LogP contribution in [0.3, 0.4) is 0 Å².